The fourth-order valence-corrected chi connectivity index (χ4v) is 4.97. The molecule has 0 spiro atoms. The summed E-state index contributed by atoms with van der Waals surface area (Å²) in [5.41, 5.74) is 6.49. The minimum atomic E-state index is -0.177. The van der Waals surface area contributed by atoms with Crippen molar-refractivity contribution in [1.29, 1.82) is 0 Å². The summed E-state index contributed by atoms with van der Waals surface area (Å²) in [7, 11) is 1.92. The lowest BCUT2D eigenvalue weighted by molar-refractivity contribution is 0.0722. The molecule has 0 saturated carbocycles. The first kappa shape index (κ1) is 22.9. The highest BCUT2D eigenvalue weighted by molar-refractivity contribution is 5.94. The Morgan fingerprint density at radius 3 is 2.54 bits per heavy atom. The Hall–Kier alpha value is -4.54. The van der Waals surface area contributed by atoms with Gasteiger partial charge in [0.2, 0.25) is 0 Å². The minimum absolute atomic E-state index is 0.177. The van der Waals surface area contributed by atoms with Gasteiger partial charge >= 0.3 is 0 Å². The number of hydrogen-bond acceptors (Lipinski definition) is 8. The first-order valence-corrected chi connectivity index (χ1v) is 12.1. The van der Waals surface area contributed by atoms with Crippen LogP contribution in [-0.4, -0.2) is 52.2 Å². The zero-order chi connectivity index (χ0) is 25.7. The van der Waals surface area contributed by atoms with Crippen LogP contribution in [0.3, 0.4) is 0 Å². The van der Waals surface area contributed by atoms with E-state index < -0.39 is 0 Å². The van der Waals surface area contributed by atoms with E-state index in [1.54, 1.807) is 11.2 Å². The molecule has 0 unspecified atom stereocenters. The van der Waals surface area contributed by atoms with Gasteiger partial charge in [-0.1, -0.05) is 28.5 Å². The zero-order valence-corrected chi connectivity index (χ0v) is 21.1. The maximum atomic E-state index is 13.7. The van der Waals surface area contributed by atoms with Gasteiger partial charge in [0.1, 0.15) is 23.5 Å². The number of nitrogens with zero attached hydrogens (tertiary/aromatic N) is 8. The van der Waals surface area contributed by atoms with E-state index in [-0.39, 0.29) is 5.91 Å². The summed E-state index contributed by atoms with van der Waals surface area (Å²) in [6.45, 7) is 6.51. The van der Waals surface area contributed by atoms with E-state index in [0.29, 0.717) is 48.9 Å². The molecule has 0 fully saturated rings. The van der Waals surface area contributed by atoms with Gasteiger partial charge < -0.3 is 13.9 Å². The molecule has 0 radical (unpaired) electrons. The van der Waals surface area contributed by atoms with Gasteiger partial charge in [-0.25, -0.2) is 0 Å². The van der Waals surface area contributed by atoms with Crippen LogP contribution in [0.4, 0.5) is 0 Å². The molecule has 1 aromatic carbocycles. The van der Waals surface area contributed by atoms with Gasteiger partial charge in [0.15, 0.2) is 11.5 Å². The largest absolute Gasteiger partial charge is 0.361 e. The highest BCUT2D eigenvalue weighted by Crippen LogP contribution is 2.31. The maximum Gasteiger partial charge on any atom is 0.276 e. The molecule has 11 heteroatoms. The molecule has 0 aliphatic carbocycles. The van der Waals surface area contributed by atoms with E-state index in [0.717, 1.165) is 39.5 Å². The molecule has 5 heterocycles. The first-order valence-electron chi connectivity index (χ1n) is 12.1. The van der Waals surface area contributed by atoms with Crippen LogP contribution in [0, 0.1) is 20.8 Å². The number of amides is 1. The molecule has 4 aromatic heterocycles. The number of hydrogen-bond donors (Lipinski definition) is 0. The van der Waals surface area contributed by atoms with E-state index >= 15 is 0 Å². The van der Waals surface area contributed by atoms with Crippen LogP contribution in [0.25, 0.3) is 17.2 Å². The Kier molecular flexibility index (Phi) is 5.47. The van der Waals surface area contributed by atoms with E-state index in [1.165, 1.54) is 0 Å². The third-order valence-corrected chi connectivity index (χ3v) is 7.05. The Morgan fingerprint density at radius 1 is 1.03 bits per heavy atom. The topological polar surface area (TPSA) is 121 Å². The van der Waals surface area contributed by atoms with Crippen molar-refractivity contribution in [2.75, 3.05) is 6.54 Å². The molecular weight excluding hydrogens is 472 g/mol. The minimum Gasteiger partial charge on any atom is -0.361 e. The molecule has 188 valence electrons. The van der Waals surface area contributed by atoms with Gasteiger partial charge in [0, 0.05) is 54.5 Å². The van der Waals surface area contributed by atoms with Gasteiger partial charge in [-0.15, -0.1) is 10.2 Å². The summed E-state index contributed by atoms with van der Waals surface area (Å²) < 4.78 is 14.6. The summed E-state index contributed by atoms with van der Waals surface area (Å²) in [6.07, 6.45) is 2.81. The summed E-state index contributed by atoms with van der Waals surface area (Å²) in [6, 6.07) is 9.88. The van der Waals surface area contributed by atoms with Gasteiger partial charge in [-0.2, -0.15) is 5.10 Å². The molecule has 11 nitrogen and oxygen atoms in total. The van der Waals surface area contributed by atoms with Crippen LogP contribution >= 0.6 is 0 Å². The van der Waals surface area contributed by atoms with Crippen LogP contribution in [0.1, 0.15) is 50.1 Å². The van der Waals surface area contributed by atoms with Crippen molar-refractivity contribution in [3.8, 4) is 17.2 Å². The Balaban J connectivity index is 1.33. The number of benzene rings is 1. The maximum absolute atomic E-state index is 13.7. The van der Waals surface area contributed by atoms with Gasteiger partial charge in [0.25, 0.3) is 5.91 Å². The number of carbonyl (C=O) groups excluding carboxylic acids is 1. The second-order valence-electron chi connectivity index (χ2n) is 9.28. The molecule has 5 aromatic rings. The first-order chi connectivity index (χ1) is 17.9. The van der Waals surface area contributed by atoms with Crippen LogP contribution in [-0.2, 0) is 26.4 Å². The second kappa shape index (κ2) is 8.84. The van der Waals surface area contributed by atoms with E-state index in [9.17, 15) is 4.79 Å². The SMILES string of the molecule is Cc1noc(C)c1Cc1c(C(=O)N2CCc3c(c(-c4nncn4-c4ccccc4)nn3C)C2)noc1C. The molecule has 1 aliphatic heterocycles. The average Bonchev–Trinajstić information content (AvgIpc) is 3.68. The number of fused-ring (bicyclic) bond motifs is 1. The molecule has 0 bridgehead atoms. The smallest absolute Gasteiger partial charge is 0.276 e. The zero-order valence-electron chi connectivity index (χ0n) is 21.1. The van der Waals surface area contributed by atoms with Gasteiger partial charge in [-0.3, -0.25) is 14.0 Å². The molecular formula is C26H26N8O3. The molecule has 1 amide bonds. The third kappa shape index (κ3) is 3.83. The second-order valence-corrected chi connectivity index (χ2v) is 9.28. The molecule has 0 atom stereocenters. The Labute approximate surface area is 212 Å². The molecule has 1 aliphatic rings. The number of rotatable bonds is 5. The van der Waals surface area contributed by atoms with Crippen molar-refractivity contribution >= 4 is 5.91 Å². The lowest BCUT2D eigenvalue weighted by Crippen LogP contribution is -2.37. The predicted octanol–water partition coefficient (Wildman–Crippen LogP) is 3.36. The van der Waals surface area contributed by atoms with E-state index in [1.807, 2.05) is 67.4 Å². The molecule has 0 N–H and O–H groups in total. The van der Waals surface area contributed by atoms with Crippen molar-refractivity contribution in [3.05, 3.63) is 82.0 Å². The fraction of sp³-hybridized carbons (Fsp3) is 0.308. The van der Waals surface area contributed by atoms with Crippen molar-refractivity contribution in [1.82, 2.24) is 39.8 Å². The van der Waals surface area contributed by atoms with Crippen molar-refractivity contribution in [2.24, 2.45) is 7.05 Å². The Bertz CT molecular complexity index is 1590. The fourth-order valence-electron chi connectivity index (χ4n) is 4.97. The van der Waals surface area contributed by atoms with Gasteiger partial charge in [0.05, 0.1) is 12.2 Å². The molecule has 0 saturated heterocycles. The number of carbonyl (C=O) groups is 1. The van der Waals surface area contributed by atoms with Crippen molar-refractivity contribution in [3.63, 3.8) is 0 Å². The molecule has 37 heavy (non-hydrogen) atoms. The Morgan fingerprint density at radius 2 is 1.78 bits per heavy atom. The average molecular weight is 499 g/mol. The highest BCUT2D eigenvalue weighted by Gasteiger charge is 2.32. The highest BCUT2D eigenvalue weighted by atomic mass is 16.5. The monoisotopic (exact) mass is 498 g/mol. The summed E-state index contributed by atoms with van der Waals surface area (Å²) in [5, 5.41) is 21.5. The number of aromatic nitrogens is 7. The van der Waals surface area contributed by atoms with Crippen molar-refractivity contribution < 1.29 is 13.8 Å². The van der Waals surface area contributed by atoms with Crippen LogP contribution in [0.5, 0.6) is 0 Å². The lowest BCUT2D eigenvalue weighted by atomic mass is 10.00. The van der Waals surface area contributed by atoms with Gasteiger partial charge in [-0.05, 0) is 32.9 Å². The van der Waals surface area contributed by atoms with Crippen LogP contribution < -0.4 is 0 Å². The van der Waals surface area contributed by atoms with Crippen molar-refractivity contribution in [2.45, 2.75) is 40.2 Å². The van der Waals surface area contributed by atoms with E-state index in [4.69, 9.17) is 14.1 Å². The third-order valence-electron chi connectivity index (χ3n) is 7.05. The predicted molar refractivity (Wildman–Crippen MR) is 132 cm³/mol. The summed E-state index contributed by atoms with van der Waals surface area (Å²) in [5.74, 6) is 1.79. The van der Waals surface area contributed by atoms with Crippen LogP contribution in [0.15, 0.2) is 45.7 Å². The number of aryl methyl sites for hydroxylation is 4. The normalized spacial score (nSPS) is 13.2. The van der Waals surface area contributed by atoms with E-state index in [2.05, 4.69) is 20.5 Å². The standard InChI is InChI=1S/C26H26N8O3/c1-15-19(16(2)36-30-15)12-20-17(3)37-31-24(20)26(35)33-11-10-22-21(13-33)23(29-32(22)4)25-28-27-14-34(25)18-8-6-5-7-9-18/h5-9,14H,10-13H2,1-4H3. The molecule has 6 rings (SSSR count). The number of para-hydroxylation sites is 1. The summed E-state index contributed by atoms with van der Waals surface area (Å²) in [4.78, 5) is 15.5. The quantitative estimate of drug-likeness (QED) is 0.362. The summed E-state index contributed by atoms with van der Waals surface area (Å²) >= 11 is 0. The van der Waals surface area contributed by atoms with Crippen LogP contribution in [0.2, 0.25) is 0 Å². The lowest BCUT2D eigenvalue weighted by Gasteiger charge is -2.27.